The van der Waals surface area contributed by atoms with Crippen molar-refractivity contribution in [1.29, 1.82) is 0 Å². The molecule has 1 aromatic heterocycles. The van der Waals surface area contributed by atoms with Crippen LogP contribution in [0.4, 0.5) is 0 Å². The van der Waals surface area contributed by atoms with Crippen molar-refractivity contribution in [3.05, 3.63) is 17.8 Å². The van der Waals surface area contributed by atoms with E-state index in [1.807, 2.05) is 0 Å². The summed E-state index contributed by atoms with van der Waals surface area (Å²) in [7, 11) is 0. The molecule has 82 valence electrons. The summed E-state index contributed by atoms with van der Waals surface area (Å²) in [5, 5.41) is 11.1. The van der Waals surface area contributed by atoms with E-state index in [9.17, 15) is 9.59 Å². The minimum absolute atomic E-state index is 0.120. The number of aromatic nitrogens is 1. The molecule has 0 fully saturated rings. The highest BCUT2D eigenvalue weighted by Crippen LogP contribution is 2.04. The Labute approximate surface area is 86.3 Å². The number of hydrogen-bond acceptors (Lipinski definition) is 4. The number of oxazole rings is 1. The van der Waals surface area contributed by atoms with Gasteiger partial charge in [0, 0.05) is 0 Å². The van der Waals surface area contributed by atoms with E-state index in [4.69, 9.17) is 9.52 Å². The number of nitrogens with zero attached hydrogens (tertiary/aromatic N) is 1. The van der Waals surface area contributed by atoms with Crippen LogP contribution in [-0.2, 0) is 4.79 Å². The van der Waals surface area contributed by atoms with Crippen LogP contribution in [0.1, 0.15) is 29.6 Å². The van der Waals surface area contributed by atoms with Gasteiger partial charge in [-0.2, -0.15) is 0 Å². The molecular weight excluding hydrogens is 200 g/mol. The Morgan fingerprint density at radius 3 is 2.73 bits per heavy atom. The second kappa shape index (κ2) is 4.59. The molecule has 1 rings (SSSR count). The van der Waals surface area contributed by atoms with Crippen LogP contribution in [0, 0.1) is 6.92 Å². The van der Waals surface area contributed by atoms with Gasteiger partial charge in [0.15, 0.2) is 12.1 Å². The normalized spacial score (nSPS) is 12.1. The Kier molecular flexibility index (Phi) is 3.43. The highest BCUT2D eigenvalue weighted by atomic mass is 16.4. The van der Waals surface area contributed by atoms with E-state index in [0.29, 0.717) is 12.2 Å². The molecule has 0 saturated carbocycles. The summed E-state index contributed by atoms with van der Waals surface area (Å²) in [5.41, 5.74) is 0.120. The summed E-state index contributed by atoms with van der Waals surface area (Å²) in [5.74, 6) is -1.23. The van der Waals surface area contributed by atoms with Crippen LogP contribution in [-0.4, -0.2) is 28.0 Å². The molecule has 6 heteroatoms. The van der Waals surface area contributed by atoms with Crippen molar-refractivity contribution in [2.45, 2.75) is 26.3 Å². The standard InChI is InChI=1S/C9H12N2O4/c1-3-6(9(13)14)11-8(12)7-5(2)15-4-10-7/h4,6H,3H2,1-2H3,(H,11,12)(H,13,14). The summed E-state index contributed by atoms with van der Waals surface area (Å²) in [6.07, 6.45) is 1.46. The zero-order valence-corrected chi connectivity index (χ0v) is 8.48. The van der Waals surface area contributed by atoms with Crippen molar-refractivity contribution in [2.75, 3.05) is 0 Å². The van der Waals surface area contributed by atoms with Crippen LogP contribution < -0.4 is 5.32 Å². The smallest absolute Gasteiger partial charge is 0.326 e. The van der Waals surface area contributed by atoms with E-state index in [2.05, 4.69) is 10.3 Å². The van der Waals surface area contributed by atoms with Gasteiger partial charge in [-0.1, -0.05) is 6.92 Å². The van der Waals surface area contributed by atoms with Crippen molar-refractivity contribution < 1.29 is 19.1 Å². The SMILES string of the molecule is CCC(NC(=O)c1ncoc1C)C(=O)O. The van der Waals surface area contributed by atoms with Crippen LogP contribution in [0.15, 0.2) is 10.8 Å². The Morgan fingerprint density at radius 2 is 2.33 bits per heavy atom. The fourth-order valence-electron chi connectivity index (χ4n) is 1.09. The Bertz CT molecular complexity index is 372. The number of aliphatic carboxylic acids is 1. The van der Waals surface area contributed by atoms with Gasteiger partial charge in [-0.15, -0.1) is 0 Å². The molecule has 0 radical (unpaired) electrons. The molecule has 0 aliphatic carbocycles. The van der Waals surface area contributed by atoms with Gasteiger partial charge in [0.2, 0.25) is 0 Å². The van der Waals surface area contributed by atoms with E-state index in [-0.39, 0.29) is 5.69 Å². The third kappa shape index (κ3) is 2.55. The number of carboxylic acid groups (broad SMARTS) is 1. The lowest BCUT2D eigenvalue weighted by Gasteiger charge is -2.10. The van der Waals surface area contributed by atoms with Crippen molar-refractivity contribution >= 4 is 11.9 Å². The van der Waals surface area contributed by atoms with Gasteiger partial charge in [0.25, 0.3) is 5.91 Å². The molecule has 0 spiro atoms. The van der Waals surface area contributed by atoms with Crippen LogP contribution in [0.25, 0.3) is 0 Å². The molecule has 0 bridgehead atoms. The van der Waals surface area contributed by atoms with E-state index < -0.39 is 17.9 Å². The Hall–Kier alpha value is -1.85. The maximum absolute atomic E-state index is 11.5. The molecule has 1 heterocycles. The number of hydrogen-bond donors (Lipinski definition) is 2. The molecule has 1 unspecified atom stereocenters. The summed E-state index contributed by atoms with van der Waals surface area (Å²) in [6.45, 7) is 3.26. The fourth-order valence-corrected chi connectivity index (χ4v) is 1.09. The average Bonchev–Trinajstić information content (AvgIpc) is 2.60. The van der Waals surface area contributed by atoms with E-state index >= 15 is 0 Å². The van der Waals surface area contributed by atoms with Crippen molar-refractivity contribution in [3.63, 3.8) is 0 Å². The topological polar surface area (TPSA) is 92.4 Å². The molecule has 0 aliphatic heterocycles. The van der Waals surface area contributed by atoms with Gasteiger partial charge >= 0.3 is 5.97 Å². The minimum atomic E-state index is -1.06. The first-order valence-electron chi connectivity index (χ1n) is 4.50. The van der Waals surface area contributed by atoms with E-state index in [0.717, 1.165) is 6.39 Å². The quantitative estimate of drug-likeness (QED) is 0.761. The van der Waals surface area contributed by atoms with Gasteiger partial charge in [-0.3, -0.25) is 4.79 Å². The van der Waals surface area contributed by atoms with Crippen LogP contribution in [0.3, 0.4) is 0 Å². The second-order valence-electron chi connectivity index (χ2n) is 3.03. The van der Waals surface area contributed by atoms with Gasteiger partial charge in [0.05, 0.1) is 0 Å². The monoisotopic (exact) mass is 212 g/mol. The first-order chi connectivity index (χ1) is 7.06. The third-order valence-corrected chi connectivity index (χ3v) is 1.97. The molecular formula is C9H12N2O4. The molecule has 2 N–H and O–H groups in total. The summed E-state index contributed by atoms with van der Waals surface area (Å²) in [4.78, 5) is 25.9. The van der Waals surface area contributed by atoms with Crippen molar-refractivity contribution in [2.24, 2.45) is 0 Å². The lowest BCUT2D eigenvalue weighted by atomic mass is 10.2. The summed E-state index contributed by atoms with van der Waals surface area (Å²) < 4.78 is 4.84. The number of aryl methyl sites for hydroxylation is 1. The molecule has 1 atom stereocenters. The van der Waals surface area contributed by atoms with E-state index in [1.165, 1.54) is 0 Å². The molecule has 0 aliphatic rings. The molecule has 6 nitrogen and oxygen atoms in total. The predicted octanol–water partition coefficient (Wildman–Crippen LogP) is 0.576. The highest BCUT2D eigenvalue weighted by molar-refractivity contribution is 5.95. The second-order valence-corrected chi connectivity index (χ2v) is 3.03. The van der Waals surface area contributed by atoms with Gasteiger partial charge in [-0.05, 0) is 13.3 Å². The molecule has 1 amide bonds. The van der Waals surface area contributed by atoms with Gasteiger partial charge < -0.3 is 14.8 Å². The largest absolute Gasteiger partial charge is 0.480 e. The molecule has 0 aromatic carbocycles. The number of carbonyl (C=O) groups is 2. The van der Waals surface area contributed by atoms with E-state index in [1.54, 1.807) is 13.8 Å². The lowest BCUT2D eigenvalue weighted by molar-refractivity contribution is -0.139. The fraction of sp³-hybridized carbons (Fsp3) is 0.444. The minimum Gasteiger partial charge on any atom is -0.480 e. The lowest BCUT2D eigenvalue weighted by Crippen LogP contribution is -2.40. The van der Waals surface area contributed by atoms with Gasteiger partial charge in [-0.25, -0.2) is 9.78 Å². The summed E-state index contributed by atoms with van der Waals surface area (Å²) in [6, 6.07) is -0.895. The van der Waals surface area contributed by atoms with Gasteiger partial charge in [0.1, 0.15) is 11.8 Å². The molecule has 1 aromatic rings. The number of rotatable bonds is 4. The van der Waals surface area contributed by atoms with Crippen molar-refractivity contribution in [1.82, 2.24) is 10.3 Å². The first-order valence-corrected chi connectivity index (χ1v) is 4.50. The highest BCUT2D eigenvalue weighted by Gasteiger charge is 2.21. The number of carboxylic acids is 1. The predicted molar refractivity (Wildman–Crippen MR) is 50.4 cm³/mol. The third-order valence-electron chi connectivity index (χ3n) is 1.97. The first kappa shape index (κ1) is 11.2. The number of amides is 1. The Balaban J connectivity index is 2.71. The zero-order valence-electron chi connectivity index (χ0n) is 8.48. The average molecular weight is 212 g/mol. The van der Waals surface area contributed by atoms with Crippen LogP contribution in [0.5, 0.6) is 0 Å². The molecule has 15 heavy (non-hydrogen) atoms. The zero-order chi connectivity index (χ0) is 11.4. The Morgan fingerprint density at radius 1 is 1.67 bits per heavy atom. The van der Waals surface area contributed by atoms with Crippen LogP contribution in [0.2, 0.25) is 0 Å². The van der Waals surface area contributed by atoms with Crippen molar-refractivity contribution in [3.8, 4) is 0 Å². The maximum atomic E-state index is 11.5. The maximum Gasteiger partial charge on any atom is 0.326 e. The van der Waals surface area contributed by atoms with Crippen LogP contribution >= 0.6 is 0 Å². The number of nitrogens with one attached hydrogen (secondary N) is 1. The summed E-state index contributed by atoms with van der Waals surface area (Å²) >= 11 is 0. The number of carbonyl (C=O) groups excluding carboxylic acids is 1. The molecule has 0 saturated heterocycles.